The van der Waals surface area contributed by atoms with Gasteiger partial charge >= 0.3 is 0 Å². The van der Waals surface area contributed by atoms with Gasteiger partial charge in [0.05, 0.1) is 4.91 Å². The zero-order valence-corrected chi connectivity index (χ0v) is 21.8. The highest BCUT2D eigenvalue weighted by molar-refractivity contribution is 7.85. The normalized spacial score (nSPS) is 17.4. The van der Waals surface area contributed by atoms with Gasteiger partial charge in [-0.05, 0) is 101 Å². The van der Waals surface area contributed by atoms with E-state index >= 15 is 0 Å². The Labute approximate surface area is 208 Å². The van der Waals surface area contributed by atoms with Crippen LogP contribution in [0.1, 0.15) is 55.0 Å². The lowest BCUT2D eigenvalue weighted by Crippen LogP contribution is -2.42. The second kappa shape index (κ2) is 10.6. The van der Waals surface area contributed by atoms with Crippen LogP contribution in [0.3, 0.4) is 0 Å². The minimum absolute atomic E-state index is 0.196. The quantitative estimate of drug-likeness (QED) is 0.281. The minimum Gasteiger partial charge on any atom is -0.489 e. The number of primary amides is 1. The molecule has 0 aromatic heterocycles. The number of fused-ring (bicyclic) bond motifs is 1. The Morgan fingerprint density at radius 2 is 1.91 bits per heavy atom. The Bertz CT molecular complexity index is 1150. The number of allylic oxidation sites excluding steroid dienone is 1. The number of nitrogens with two attached hydrogens (primary N) is 1. The minimum atomic E-state index is -0.567. The van der Waals surface area contributed by atoms with Crippen molar-refractivity contribution in [3.05, 3.63) is 68.6 Å². The summed E-state index contributed by atoms with van der Waals surface area (Å²) in [5.41, 5.74) is 11.4. The van der Waals surface area contributed by atoms with Gasteiger partial charge in [0.2, 0.25) is 0 Å². The third-order valence-corrected chi connectivity index (χ3v) is 6.59. The molecule has 6 heteroatoms. The van der Waals surface area contributed by atoms with Gasteiger partial charge in [0, 0.05) is 5.56 Å². The van der Waals surface area contributed by atoms with Gasteiger partial charge in [0.15, 0.2) is 0 Å². The molecule has 1 heterocycles. The molecule has 2 aromatic carbocycles. The number of rotatable bonds is 8. The Morgan fingerprint density at radius 3 is 2.59 bits per heavy atom. The van der Waals surface area contributed by atoms with Crippen LogP contribution in [0.4, 0.5) is 0 Å². The van der Waals surface area contributed by atoms with Gasteiger partial charge in [0.25, 0.3) is 5.91 Å². The molecule has 2 aromatic rings. The number of carbonyl (C=O) groups is 1. The van der Waals surface area contributed by atoms with Crippen molar-refractivity contribution in [3.8, 4) is 17.2 Å². The smallest absolute Gasteiger partial charge is 0.254 e. The molecule has 5 nitrogen and oxygen atoms in total. The van der Waals surface area contributed by atoms with Crippen LogP contribution in [-0.2, 0) is 11.2 Å². The Morgan fingerprint density at radius 1 is 1.18 bits per heavy atom. The summed E-state index contributed by atoms with van der Waals surface area (Å²) in [5.74, 6) is 2.03. The second-order valence-corrected chi connectivity index (χ2v) is 9.89. The molecule has 1 unspecified atom stereocenters. The van der Waals surface area contributed by atoms with E-state index in [9.17, 15) is 4.79 Å². The topological polar surface area (TPSA) is 70.8 Å². The third kappa shape index (κ3) is 5.98. The lowest BCUT2D eigenvalue weighted by molar-refractivity contribution is -0.113. The van der Waals surface area contributed by atoms with Crippen molar-refractivity contribution < 1.29 is 19.0 Å². The average molecular weight is 482 g/mol. The highest BCUT2D eigenvalue weighted by Crippen LogP contribution is 2.44. The Hall–Kier alpha value is -2.86. The van der Waals surface area contributed by atoms with Crippen LogP contribution in [0.15, 0.2) is 40.8 Å². The number of thiol groups is 1. The van der Waals surface area contributed by atoms with Crippen molar-refractivity contribution in [1.29, 1.82) is 0 Å². The van der Waals surface area contributed by atoms with Crippen molar-refractivity contribution in [1.82, 2.24) is 0 Å². The van der Waals surface area contributed by atoms with Crippen LogP contribution in [0.2, 0.25) is 0 Å². The molecular formula is C28H35NO4S. The lowest BCUT2D eigenvalue weighted by atomic mass is 9.87. The van der Waals surface area contributed by atoms with Crippen LogP contribution in [0.25, 0.3) is 6.08 Å². The fourth-order valence-corrected chi connectivity index (χ4v) is 4.20. The number of hydrogen-bond acceptors (Lipinski definition) is 5. The first-order chi connectivity index (χ1) is 16.0. The van der Waals surface area contributed by atoms with E-state index in [-0.39, 0.29) is 4.91 Å². The number of carbonyl (C=O) groups excluding carboxylic acids is 1. The largest absolute Gasteiger partial charge is 0.489 e. The maximum atomic E-state index is 11.3. The van der Waals surface area contributed by atoms with Gasteiger partial charge < -0.3 is 19.9 Å². The maximum Gasteiger partial charge on any atom is 0.254 e. The van der Waals surface area contributed by atoms with Gasteiger partial charge in [-0.1, -0.05) is 17.7 Å². The fourth-order valence-electron chi connectivity index (χ4n) is 4.05. The van der Waals surface area contributed by atoms with Crippen molar-refractivity contribution in [2.75, 3.05) is 13.2 Å². The van der Waals surface area contributed by atoms with Crippen LogP contribution < -0.4 is 19.9 Å². The summed E-state index contributed by atoms with van der Waals surface area (Å²) in [4.78, 5) is 11.5. The highest BCUT2D eigenvalue weighted by atomic mass is 32.1. The standard InChI is InChI=1S/C28H35NO4S/c1-17(2)11-13-31-25-18(3)19(4)26-23(20(25)5)10-12-28(6,33-26)16-32-22-9-7-8-21(14-22)15-24(34)27(29)30/h7-9,11,14-15,34H,10,12-13,16H2,1-6H3,(H2,29,30)/b24-15-. The third-order valence-electron chi connectivity index (χ3n) is 6.24. The van der Waals surface area contributed by atoms with E-state index in [0.717, 1.165) is 46.6 Å². The molecule has 0 aliphatic carbocycles. The molecule has 3 rings (SSSR count). The summed E-state index contributed by atoms with van der Waals surface area (Å²) in [7, 11) is 0. The van der Waals surface area contributed by atoms with Crippen molar-refractivity contribution >= 4 is 24.6 Å². The van der Waals surface area contributed by atoms with Gasteiger partial charge in [0.1, 0.15) is 36.1 Å². The average Bonchev–Trinajstić information content (AvgIpc) is 2.78. The highest BCUT2D eigenvalue weighted by Gasteiger charge is 2.35. The van der Waals surface area contributed by atoms with E-state index in [1.807, 2.05) is 24.3 Å². The molecule has 1 amide bonds. The molecule has 0 bridgehead atoms. The summed E-state index contributed by atoms with van der Waals surface area (Å²) in [6, 6.07) is 7.48. The van der Waals surface area contributed by atoms with Crippen molar-refractivity contribution in [3.63, 3.8) is 0 Å². The molecule has 0 saturated carbocycles. The molecule has 1 aliphatic rings. The van der Waals surface area contributed by atoms with Crippen molar-refractivity contribution in [2.45, 2.75) is 60.0 Å². The van der Waals surface area contributed by atoms with Crippen molar-refractivity contribution in [2.24, 2.45) is 5.73 Å². The SMILES string of the molecule is CC(C)=CCOc1c(C)c(C)c2c(c1C)CCC(C)(COc1cccc(/C=C(\S)C(N)=O)c1)O2. The zero-order valence-electron chi connectivity index (χ0n) is 21.0. The van der Waals surface area contributed by atoms with Gasteiger partial charge in [-0.3, -0.25) is 4.79 Å². The second-order valence-electron chi connectivity index (χ2n) is 9.41. The van der Waals surface area contributed by atoms with E-state index < -0.39 is 11.5 Å². The first-order valence-corrected chi connectivity index (χ1v) is 12.0. The summed E-state index contributed by atoms with van der Waals surface area (Å²) in [6.07, 6.45) is 5.44. The monoisotopic (exact) mass is 481 g/mol. The molecule has 182 valence electrons. The number of hydrogen-bond donors (Lipinski definition) is 2. The van der Waals surface area contributed by atoms with E-state index in [1.54, 1.807) is 6.08 Å². The molecule has 0 radical (unpaired) electrons. The number of amides is 1. The molecule has 1 aliphatic heterocycles. The van der Waals surface area contributed by atoms with Crippen LogP contribution in [0.5, 0.6) is 17.2 Å². The lowest BCUT2D eigenvalue weighted by Gasteiger charge is -2.38. The number of benzene rings is 2. The summed E-state index contributed by atoms with van der Waals surface area (Å²) >= 11 is 4.12. The van der Waals surface area contributed by atoms with Gasteiger partial charge in [-0.15, -0.1) is 12.6 Å². The molecule has 34 heavy (non-hydrogen) atoms. The van der Waals surface area contributed by atoms with E-state index in [4.69, 9.17) is 19.9 Å². The summed E-state index contributed by atoms with van der Waals surface area (Å²) < 4.78 is 18.8. The van der Waals surface area contributed by atoms with E-state index in [0.29, 0.717) is 19.0 Å². The maximum absolute atomic E-state index is 11.3. The number of ether oxygens (including phenoxy) is 3. The van der Waals surface area contributed by atoms with Gasteiger partial charge in [-0.25, -0.2) is 0 Å². The Balaban J connectivity index is 1.77. The first kappa shape index (κ1) is 25.8. The summed E-state index contributed by atoms with van der Waals surface area (Å²) in [6.45, 7) is 13.5. The summed E-state index contributed by atoms with van der Waals surface area (Å²) in [5, 5.41) is 0. The predicted octanol–water partition coefficient (Wildman–Crippen LogP) is 5.88. The fraction of sp³-hybridized carbons (Fsp3) is 0.393. The first-order valence-electron chi connectivity index (χ1n) is 11.5. The van der Waals surface area contributed by atoms with Crippen LogP contribution >= 0.6 is 12.6 Å². The molecular weight excluding hydrogens is 446 g/mol. The molecule has 1 atom stereocenters. The predicted molar refractivity (Wildman–Crippen MR) is 141 cm³/mol. The van der Waals surface area contributed by atoms with E-state index in [2.05, 4.69) is 60.2 Å². The molecule has 0 fully saturated rings. The van der Waals surface area contributed by atoms with Gasteiger partial charge in [-0.2, -0.15) is 0 Å². The zero-order chi connectivity index (χ0) is 25.0. The molecule has 0 saturated heterocycles. The molecule has 0 spiro atoms. The molecule has 2 N–H and O–H groups in total. The van der Waals surface area contributed by atoms with Crippen LogP contribution in [0, 0.1) is 20.8 Å². The van der Waals surface area contributed by atoms with E-state index in [1.165, 1.54) is 11.1 Å². The van der Waals surface area contributed by atoms with Crippen LogP contribution in [-0.4, -0.2) is 24.7 Å². The Kier molecular flexibility index (Phi) is 8.03.